The van der Waals surface area contributed by atoms with Gasteiger partial charge in [0.1, 0.15) is 5.78 Å². The third-order valence-corrected chi connectivity index (χ3v) is 5.11. The van der Waals surface area contributed by atoms with Gasteiger partial charge in [-0.3, -0.25) is 4.79 Å². The molecule has 2 nitrogen and oxygen atoms in total. The Balaban J connectivity index is 1.89. The topological polar surface area (TPSA) is 26.3 Å². The summed E-state index contributed by atoms with van der Waals surface area (Å²) in [7, 11) is 0. The Morgan fingerprint density at radius 1 is 1.41 bits per heavy atom. The summed E-state index contributed by atoms with van der Waals surface area (Å²) in [5, 5.41) is 0. The number of carbonyl (C=O) groups is 1. The lowest BCUT2D eigenvalue weighted by atomic mass is 9.79. The van der Waals surface area contributed by atoms with Gasteiger partial charge >= 0.3 is 0 Å². The average molecular weight is 256 g/mol. The SMILES string of the molecule is CCCCC(=O)C1CCOC2(CCSCC2)C1. The molecule has 1 atom stereocenters. The molecule has 0 bridgehead atoms. The van der Waals surface area contributed by atoms with Crippen LogP contribution in [0.3, 0.4) is 0 Å². The summed E-state index contributed by atoms with van der Waals surface area (Å²) in [4.78, 5) is 12.1. The van der Waals surface area contributed by atoms with E-state index in [0.717, 1.165) is 51.6 Å². The molecule has 0 aromatic rings. The van der Waals surface area contributed by atoms with Crippen molar-refractivity contribution in [3.8, 4) is 0 Å². The number of hydrogen-bond acceptors (Lipinski definition) is 3. The molecular formula is C14H24O2S. The molecule has 0 amide bonds. The van der Waals surface area contributed by atoms with Gasteiger partial charge in [0.05, 0.1) is 5.60 Å². The second-order valence-corrected chi connectivity index (χ2v) is 6.63. The van der Waals surface area contributed by atoms with Crippen molar-refractivity contribution in [2.45, 2.75) is 57.5 Å². The molecule has 2 heterocycles. The number of ether oxygens (including phenoxy) is 1. The first-order valence-electron chi connectivity index (χ1n) is 7.00. The van der Waals surface area contributed by atoms with Crippen molar-refractivity contribution >= 4 is 17.5 Å². The molecule has 2 saturated heterocycles. The van der Waals surface area contributed by atoms with Gasteiger partial charge in [-0.15, -0.1) is 0 Å². The van der Waals surface area contributed by atoms with E-state index in [1.807, 2.05) is 11.8 Å². The fourth-order valence-electron chi connectivity index (χ4n) is 2.95. The predicted octanol–water partition coefficient (Wildman–Crippen LogP) is 3.44. The lowest BCUT2D eigenvalue weighted by Gasteiger charge is -2.43. The Bertz CT molecular complexity index is 253. The van der Waals surface area contributed by atoms with Gasteiger partial charge in [-0.1, -0.05) is 13.3 Å². The zero-order valence-corrected chi connectivity index (χ0v) is 11.7. The van der Waals surface area contributed by atoms with Crippen LogP contribution in [0.15, 0.2) is 0 Å². The van der Waals surface area contributed by atoms with E-state index < -0.39 is 0 Å². The van der Waals surface area contributed by atoms with Gasteiger partial charge in [0.25, 0.3) is 0 Å². The maximum absolute atomic E-state index is 12.1. The van der Waals surface area contributed by atoms with Crippen LogP contribution in [0, 0.1) is 5.92 Å². The standard InChI is InChI=1S/C14H24O2S/c1-2-3-4-13(15)12-5-8-16-14(11-12)6-9-17-10-7-14/h12H,2-11H2,1H3. The van der Waals surface area contributed by atoms with Crippen molar-refractivity contribution in [1.82, 2.24) is 0 Å². The first-order chi connectivity index (χ1) is 8.26. The minimum atomic E-state index is 0.0655. The van der Waals surface area contributed by atoms with Gasteiger partial charge in [0.15, 0.2) is 0 Å². The highest BCUT2D eigenvalue weighted by atomic mass is 32.2. The molecule has 0 N–H and O–H groups in total. The van der Waals surface area contributed by atoms with E-state index in [-0.39, 0.29) is 5.60 Å². The molecule has 0 radical (unpaired) electrons. The minimum absolute atomic E-state index is 0.0655. The highest BCUT2D eigenvalue weighted by Crippen LogP contribution is 2.40. The summed E-state index contributed by atoms with van der Waals surface area (Å²) in [5.41, 5.74) is 0.0655. The molecule has 2 fully saturated rings. The molecule has 0 saturated carbocycles. The number of carbonyl (C=O) groups excluding carboxylic acids is 1. The fourth-order valence-corrected chi connectivity index (χ4v) is 4.19. The van der Waals surface area contributed by atoms with Gasteiger partial charge < -0.3 is 4.74 Å². The van der Waals surface area contributed by atoms with Crippen molar-refractivity contribution in [3.05, 3.63) is 0 Å². The van der Waals surface area contributed by atoms with Gasteiger partial charge in [0, 0.05) is 18.9 Å². The number of thioether (sulfide) groups is 1. The third-order valence-electron chi connectivity index (χ3n) is 4.13. The van der Waals surface area contributed by atoms with Crippen molar-refractivity contribution in [2.75, 3.05) is 18.1 Å². The van der Waals surface area contributed by atoms with Crippen molar-refractivity contribution in [1.29, 1.82) is 0 Å². The van der Waals surface area contributed by atoms with Gasteiger partial charge in [-0.05, 0) is 43.6 Å². The van der Waals surface area contributed by atoms with Gasteiger partial charge in [0.2, 0.25) is 0 Å². The van der Waals surface area contributed by atoms with Crippen LogP contribution in [0.2, 0.25) is 0 Å². The molecule has 2 aliphatic rings. The highest BCUT2D eigenvalue weighted by Gasteiger charge is 2.40. The van der Waals surface area contributed by atoms with Gasteiger partial charge in [-0.2, -0.15) is 11.8 Å². The first kappa shape index (κ1) is 13.4. The molecular weight excluding hydrogens is 232 g/mol. The Kier molecular flexibility index (Phi) is 4.92. The van der Waals surface area contributed by atoms with E-state index >= 15 is 0 Å². The Morgan fingerprint density at radius 3 is 2.88 bits per heavy atom. The van der Waals surface area contributed by atoms with E-state index in [0.29, 0.717) is 11.7 Å². The van der Waals surface area contributed by atoms with Crippen LogP contribution in [0.5, 0.6) is 0 Å². The van der Waals surface area contributed by atoms with Crippen molar-refractivity contribution < 1.29 is 9.53 Å². The lowest BCUT2D eigenvalue weighted by molar-refractivity contribution is -0.138. The number of Topliss-reactive ketones (excluding diaryl/α,β-unsaturated/α-hetero) is 1. The summed E-state index contributed by atoms with van der Waals surface area (Å²) in [6.07, 6.45) is 7.21. The van der Waals surface area contributed by atoms with Crippen LogP contribution in [0.25, 0.3) is 0 Å². The molecule has 1 unspecified atom stereocenters. The smallest absolute Gasteiger partial charge is 0.136 e. The Morgan fingerprint density at radius 2 is 2.18 bits per heavy atom. The minimum Gasteiger partial charge on any atom is -0.375 e. The van der Waals surface area contributed by atoms with E-state index in [1.54, 1.807) is 0 Å². The molecule has 17 heavy (non-hydrogen) atoms. The normalized spacial score (nSPS) is 28.2. The number of rotatable bonds is 4. The number of ketones is 1. The lowest BCUT2D eigenvalue weighted by Crippen LogP contribution is -2.44. The van der Waals surface area contributed by atoms with E-state index in [2.05, 4.69) is 6.92 Å². The second kappa shape index (κ2) is 6.24. The van der Waals surface area contributed by atoms with Crippen LogP contribution >= 0.6 is 11.8 Å². The van der Waals surface area contributed by atoms with Gasteiger partial charge in [-0.25, -0.2) is 0 Å². The van der Waals surface area contributed by atoms with Crippen LogP contribution in [-0.2, 0) is 9.53 Å². The molecule has 98 valence electrons. The van der Waals surface area contributed by atoms with E-state index in [4.69, 9.17) is 4.74 Å². The quantitative estimate of drug-likeness (QED) is 0.771. The summed E-state index contributed by atoms with van der Waals surface area (Å²) in [5.74, 6) is 3.19. The Labute approximate surface area is 109 Å². The molecule has 0 aromatic heterocycles. The summed E-state index contributed by atoms with van der Waals surface area (Å²) >= 11 is 2.02. The highest BCUT2D eigenvalue weighted by molar-refractivity contribution is 7.99. The van der Waals surface area contributed by atoms with E-state index in [9.17, 15) is 4.79 Å². The summed E-state index contributed by atoms with van der Waals surface area (Å²) in [6, 6.07) is 0. The predicted molar refractivity (Wildman–Crippen MR) is 72.5 cm³/mol. The third kappa shape index (κ3) is 3.47. The molecule has 0 aliphatic carbocycles. The Hall–Kier alpha value is -0.0200. The summed E-state index contributed by atoms with van der Waals surface area (Å²) in [6.45, 7) is 2.95. The van der Waals surface area contributed by atoms with E-state index in [1.165, 1.54) is 11.5 Å². The molecule has 1 spiro atoms. The van der Waals surface area contributed by atoms with Crippen molar-refractivity contribution in [2.24, 2.45) is 5.92 Å². The molecule has 0 aromatic carbocycles. The van der Waals surface area contributed by atoms with Crippen LogP contribution in [0.1, 0.15) is 51.9 Å². The zero-order chi connectivity index (χ0) is 12.1. The summed E-state index contributed by atoms with van der Waals surface area (Å²) < 4.78 is 6.03. The maximum Gasteiger partial charge on any atom is 0.136 e. The largest absolute Gasteiger partial charge is 0.375 e. The first-order valence-corrected chi connectivity index (χ1v) is 8.16. The van der Waals surface area contributed by atoms with Crippen LogP contribution in [0.4, 0.5) is 0 Å². The number of hydrogen-bond donors (Lipinski definition) is 0. The monoisotopic (exact) mass is 256 g/mol. The number of unbranched alkanes of at least 4 members (excludes halogenated alkanes) is 1. The van der Waals surface area contributed by atoms with Crippen LogP contribution in [-0.4, -0.2) is 29.5 Å². The maximum atomic E-state index is 12.1. The average Bonchev–Trinajstić information content (AvgIpc) is 2.37. The molecule has 2 aliphatic heterocycles. The fraction of sp³-hybridized carbons (Fsp3) is 0.929. The molecule has 3 heteroatoms. The van der Waals surface area contributed by atoms with Crippen molar-refractivity contribution in [3.63, 3.8) is 0 Å². The molecule has 2 rings (SSSR count). The van der Waals surface area contributed by atoms with Crippen LogP contribution < -0.4 is 0 Å². The second-order valence-electron chi connectivity index (χ2n) is 5.40. The zero-order valence-electron chi connectivity index (χ0n) is 10.9.